The molecule has 0 saturated heterocycles. The highest BCUT2D eigenvalue weighted by Gasteiger charge is 2.30. The number of carbonyl (C=O) groups excluding carboxylic acids is 2. The lowest BCUT2D eigenvalue weighted by molar-refractivity contribution is -0.154. The summed E-state index contributed by atoms with van der Waals surface area (Å²) in [5.41, 5.74) is 1.07. The van der Waals surface area contributed by atoms with Crippen LogP contribution in [0.25, 0.3) is 0 Å². The third-order valence-electron chi connectivity index (χ3n) is 3.33. The van der Waals surface area contributed by atoms with Crippen molar-refractivity contribution in [1.82, 2.24) is 5.32 Å². The van der Waals surface area contributed by atoms with Gasteiger partial charge in [0.2, 0.25) is 0 Å². The van der Waals surface area contributed by atoms with Gasteiger partial charge in [0.25, 0.3) is 5.91 Å². The van der Waals surface area contributed by atoms with E-state index in [4.69, 9.17) is 4.74 Å². The predicted molar refractivity (Wildman–Crippen MR) is 85.7 cm³/mol. The third kappa shape index (κ3) is 4.40. The number of rotatable bonds is 6. The minimum absolute atomic E-state index is 0.157. The van der Waals surface area contributed by atoms with E-state index in [1.165, 1.54) is 0 Å². The highest BCUT2D eigenvalue weighted by Crippen LogP contribution is 2.19. The fourth-order valence-corrected chi connectivity index (χ4v) is 2.18. The van der Waals surface area contributed by atoms with Crippen molar-refractivity contribution in [2.45, 2.75) is 19.1 Å². The van der Waals surface area contributed by atoms with Crippen LogP contribution in [0.1, 0.15) is 28.9 Å². The highest BCUT2D eigenvalue weighted by atomic mass is 16.5. The van der Waals surface area contributed by atoms with Crippen molar-refractivity contribution in [3.63, 3.8) is 0 Å². The number of aliphatic hydroxyl groups excluding tert-OH is 1. The molecule has 23 heavy (non-hydrogen) atoms. The first-order valence-corrected chi connectivity index (χ1v) is 7.39. The summed E-state index contributed by atoms with van der Waals surface area (Å²) in [5.74, 6) is -1.14. The number of hydrogen-bond acceptors (Lipinski definition) is 4. The van der Waals surface area contributed by atoms with Crippen LogP contribution in [-0.2, 0) is 9.53 Å². The van der Waals surface area contributed by atoms with Gasteiger partial charge in [0.05, 0.1) is 12.6 Å². The van der Waals surface area contributed by atoms with Crippen molar-refractivity contribution in [2.24, 2.45) is 0 Å². The molecule has 0 aromatic heterocycles. The number of aliphatic hydroxyl groups is 1. The number of benzene rings is 2. The molecule has 2 aromatic carbocycles. The van der Waals surface area contributed by atoms with Crippen molar-refractivity contribution in [2.75, 3.05) is 6.61 Å². The van der Waals surface area contributed by atoms with Gasteiger partial charge in [0.15, 0.2) is 6.10 Å². The van der Waals surface area contributed by atoms with Crippen LogP contribution in [0.15, 0.2) is 60.7 Å². The minimum atomic E-state index is -1.48. The van der Waals surface area contributed by atoms with Gasteiger partial charge >= 0.3 is 5.97 Å². The Morgan fingerprint density at radius 3 is 2.17 bits per heavy atom. The number of nitrogens with one attached hydrogen (secondary N) is 1. The van der Waals surface area contributed by atoms with E-state index >= 15 is 0 Å². The van der Waals surface area contributed by atoms with Gasteiger partial charge in [0, 0.05) is 5.56 Å². The molecule has 1 unspecified atom stereocenters. The zero-order valence-corrected chi connectivity index (χ0v) is 12.8. The normalized spacial score (nSPS) is 13.0. The van der Waals surface area contributed by atoms with Crippen molar-refractivity contribution < 1.29 is 19.4 Å². The van der Waals surface area contributed by atoms with Crippen LogP contribution in [0.5, 0.6) is 0 Å². The summed E-state index contributed by atoms with van der Waals surface area (Å²) in [6.45, 7) is 1.81. The van der Waals surface area contributed by atoms with Crippen molar-refractivity contribution in [3.05, 3.63) is 71.8 Å². The molecular weight excluding hydrogens is 294 g/mol. The maximum Gasteiger partial charge on any atom is 0.337 e. The molecule has 0 saturated carbocycles. The molecule has 2 atom stereocenters. The lowest BCUT2D eigenvalue weighted by Gasteiger charge is -2.23. The first-order valence-electron chi connectivity index (χ1n) is 7.39. The number of esters is 1. The van der Waals surface area contributed by atoms with Gasteiger partial charge in [-0.2, -0.15) is 0 Å². The summed E-state index contributed by atoms with van der Waals surface area (Å²) >= 11 is 0. The van der Waals surface area contributed by atoms with E-state index in [1.807, 2.05) is 6.07 Å². The quantitative estimate of drug-likeness (QED) is 0.801. The molecule has 2 rings (SSSR count). The van der Waals surface area contributed by atoms with Gasteiger partial charge in [-0.05, 0) is 24.6 Å². The zero-order valence-electron chi connectivity index (χ0n) is 12.8. The summed E-state index contributed by atoms with van der Waals surface area (Å²) in [4.78, 5) is 24.2. The van der Waals surface area contributed by atoms with Crippen molar-refractivity contribution >= 4 is 11.9 Å². The zero-order chi connectivity index (χ0) is 16.7. The van der Waals surface area contributed by atoms with Crippen LogP contribution in [-0.4, -0.2) is 29.7 Å². The second-order valence-corrected chi connectivity index (χ2v) is 4.92. The molecule has 2 aromatic rings. The molecule has 0 heterocycles. The topological polar surface area (TPSA) is 75.6 Å². The Labute approximate surface area is 134 Å². The maximum absolute atomic E-state index is 12.3. The fraction of sp³-hybridized carbons (Fsp3) is 0.222. The van der Waals surface area contributed by atoms with Gasteiger partial charge in [0.1, 0.15) is 0 Å². The largest absolute Gasteiger partial charge is 0.464 e. The average molecular weight is 313 g/mol. The summed E-state index contributed by atoms with van der Waals surface area (Å²) in [5, 5.41) is 13.0. The molecule has 0 aliphatic heterocycles. The summed E-state index contributed by atoms with van der Waals surface area (Å²) in [7, 11) is 0. The van der Waals surface area contributed by atoms with Crippen LogP contribution in [0.3, 0.4) is 0 Å². The molecule has 0 bridgehead atoms. The van der Waals surface area contributed by atoms with E-state index in [1.54, 1.807) is 61.5 Å². The predicted octanol–water partition coefficient (Wildman–Crippen LogP) is 2.08. The molecule has 0 aliphatic rings. The van der Waals surface area contributed by atoms with Gasteiger partial charge in [-0.3, -0.25) is 4.79 Å². The van der Waals surface area contributed by atoms with E-state index in [9.17, 15) is 14.7 Å². The Balaban J connectivity index is 2.23. The van der Waals surface area contributed by atoms with Crippen molar-refractivity contribution in [3.8, 4) is 0 Å². The van der Waals surface area contributed by atoms with Crippen LogP contribution in [0.4, 0.5) is 0 Å². The molecule has 1 amide bonds. The molecule has 0 aliphatic carbocycles. The summed E-state index contributed by atoms with van der Waals surface area (Å²) < 4.78 is 4.85. The summed E-state index contributed by atoms with van der Waals surface area (Å²) in [6.07, 6.45) is -1.48. The smallest absolute Gasteiger partial charge is 0.337 e. The molecule has 5 heteroatoms. The SMILES string of the molecule is CCOC(=O)C(O)[C@@H](NC(=O)c1ccccc1)c1ccccc1. The van der Waals surface area contributed by atoms with Crippen molar-refractivity contribution in [1.29, 1.82) is 0 Å². The third-order valence-corrected chi connectivity index (χ3v) is 3.33. The maximum atomic E-state index is 12.3. The monoisotopic (exact) mass is 313 g/mol. The van der Waals surface area contributed by atoms with Crippen LogP contribution < -0.4 is 5.32 Å². The Kier molecular flexibility index (Phi) is 5.88. The van der Waals surface area contributed by atoms with Crippen LogP contribution in [0, 0.1) is 0 Å². The molecule has 120 valence electrons. The summed E-state index contributed by atoms with van der Waals surface area (Å²) in [6, 6.07) is 16.6. The molecule has 0 fully saturated rings. The number of ether oxygens (including phenoxy) is 1. The molecular formula is C18H19NO4. The molecule has 5 nitrogen and oxygen atoms in total. The second kappa shape index (κ2) is 8.10. The second-order valence-electron chi connectivity index (χ2n) is 4.92. The van der Waals surface area contributed by atoms with Gasteiger partial charge in [-0.25, -0.2) is 4.79 Å². The molecule has 0 radical (unpaired) electrons. The molecule has 0 spiro atoms. The Hall–Kier alpha value is -2.66. The van der Waals surface area contributed by atoms with E-state index in [0.29, 0.717) is 11.1 Å². The Bertz CT molecular complexity index is 643. The van der Waals surface area contributed by atoms with E-state index in [0.717, 1.165) is 0 Å². The fourth-order valence-electron chi connectivity index (χ4n) is 2.18. The number of hydrogen-bond donors (Lipinski definition) is 2. The van der Waals surface area contributed by atoms with Crippen LogP contribution >= 0.6 is 0 Å². The Morgan fingerprint density at radius 2 is 1.61 bits per heavy atom. The van der Waals surface area contributed by atoms with Gasteiger partial charge < -0.3 is 15.2 Å². The van der Waals surface area contributed by atoms with Crippen LogP contribution in [0.2, 0.25) is 0 Å². The first-order chi connectivity index (χ1) is 11.1. The average Bonchev–Trinajstić information content (AvgIpc) is 2.60. The molecule has 2 N–H and O–H groups in total. The first kappa shape index (κ1) is 16.7. The van der Waals surface area contributed by atoms with Gasteiger partial charge in [-0.1, -0.05) is 48.5 Å². The minimum Gasteiger partial charge on any atom is -0.464 e. The van der Waals surface area contributed by atoms with E-state index in [-0.39, 0.29) is 12.5 Å². The van der Waals surface area contributed by atoms with E-state index < -0.39 is 18.1 Å². The lowest BCUT2D eigenvalue weighted by atomic mass is 10.0. The van der Waals surface area contributed by atoms with E-state index in [2.05, 4.69) is 5.32 Å². The van der Waals surface area contributed by atoms with Gasteiger partial charge in [-0.15, -0.1) is 0 Å². The number of amides is 1. The Morgan fingerprint density at radius 1 is 1.04 bits per heavy atom. The highest BCUT2D eigenvalue weighted by molar-refractivity contribution is 5.94. The standard InChI is InChI=1S/C18H19NO4/c1-2-23-18(22)16(20)15(13-9-5-3-6-10-13)19-17(21)14-11-7-4-8-12-14/h3-12,15-16,20H,2H2,1H3,(H,19,21)/t15-,16?/m0/s1. The lowest BCUT2D eigenvalue weighted by Crippen LogP contribution is -2.41. The number of carbonyl (C=O) groups is 2.